The van der Waals surface area contributed by atoms with Gasteiger partial charge in [-0.15, -0.1) is 0 Å². The molecule has 11 aromatic carbocycles. The van der Waals surface area contributed by atoms with Crippen molar-refractivity contribution in [1.82, 2.24) is 9.97 Å². The fraction of sp³-hybridized carbons (Fsp3) is 0.118. The van der Waals surface area contributed by atoms with E-state index in [4.69, 9.17) is 9.97 Å². The van der Waals surface area contributed by atoms with Crippen LogP contribution < -0.4 is 26.2 Å². The van der Waals surface area contributed by atoms with Crippen molar-refractivity contribution in [3.05, 3.63) is 223 Å². The first-order valence-corrected chi connectivity index (χ1v) is 25.7. The molecule has 2 aliphatic heterocycles. The van der Waals surface area contributed by atoms with Crippen LogP contribution in [0.15, 0.2) is 212 Å². The van der Waals surface area contributed by atoms with Crippen molar-refractivity contribution >= 4 is 111 Å². The number of benzene rings is 11. The Morgan fingerprint density at radius 2 is 0.781 bits per heavy atom. The first-order valence-electron chi connectivity index (χ1n) is 25.7. The number of anilines is 6. The Hall–Kier alpha value is -8.54. The van der Waals surface area contributed by atoms with E-state index in [2.05, 4.69) is 264 Å². The summed E-state index contributed by atoms with van der Waals surface area (Å²) in [5.41, 5.74) is 16.9. The Balaban J connectivity index is 1.11. The van der Waals surface area contributed by atoms with Crippen LogP contribution in [0.4, 0.5) is 34.1 Å². The first-order chi connectivity index (χ1) is 35.4. The van der Waals surface area contributed by atoms with Crippen molar-refractivity contribution in [2.75, 3.05) is 9.80 Å². The van der Waals surface area contributed by atoms with Crippen LogP contribution in [-0.2, 0) is 10.8 Å². The highest BCUT2D eigenvalue weighted by Crippen LogP contribution is 2.48. The van der Waals surface area contributed by atoms with Crippen LogP contribution >= 0.6 is 0 Å². The van der Waals surface area contributed by atoms with Gasteiger partial charge in [-0.2, -0.15) is 0 Å². The standard InChI is InChI=1S/C68H53BN4/c1-67(2,3)52-33-50(34-53(41-52)68(4,5)6)65-56-27-17-18-28-59(56)70-66(71-65)51-39-62-64-63(40-51)73(55-25-11-8-12-26-55)61-38-49-32-45-22-16-14-20-43(45)30-47(49)36-58(61)69(64)57-35-46-29-42-19-13-15-21-44(42)31-48(46)37-60(57)72(62)54-23-9-7-10-24-54/h7-41H,1-6H3. The average molecular weight is 937 g/mol. The van der Waals surface area contributed by atoms with Gasteiger partial charge in [0.05, 0.1) is 11.2 Å². The molecule has 0 amide bonds. The van der Waals surface area contributed by atoms with Gasteiger partial charge in [-0.1, -0.05) is 163 Å². The van der Waals surface area contributed by atoms with Gasteiger partial charge in [-0.3, -0.25) is 0 Å². The predicted molar refractivity (Wildman–Crippen MR) is 312 cm³/mol. The molecule has 0 unspecified atom stereocenters. The molecule has 12 aromatic rings. The number of para-hydroxylation sites is 3. The van der Waals surface area contributed by atoms with Gasteiger partial charge in [0.2, 0.25) is 0 Å². The maximum atomic E-state index is 5.72. The smallest absolute Gasteiger partial charge is 0.252 e. The third-order valence-corrected chi connectivity index (χ3v) is 15.5. The van der Waals surface area contributed by atoms with E-state index in [1.54, 1.807) is 0 Å². The van der Waals surface area contributed by atoms with Gasteiger partial charge in [0.15, 0.2) is 5.82 Å². The van der Waals surface area contributed by atoms with Crippen molar-refractivity contribution in [2.45, 2.75) is 52.4 Å². The lowest BCUT2D eigenvalue weighted by molar-refractivity contribution is 0.569. The highest BCUT2D eigenvalue weighted by molar-refractivity contribution is 7.00. The first kappa shape index (κ1) is 43.3. The second-order valence-electron chi connectivity index (χ2n) is 22.3. The fourth-order valence-electron chi connectivity index (χ4n) is 11.8. The van der Waals surface area contributed by atoms with Gasteiger partial charge >= 0.3 is 0 Å². The highest BCUT2D eigenvalue weighted by atomic mass is 15.2. The van der Waals surface area contributed by atoms with E-state index in [9.17, 15) is 0 Å². The van der Waals surface area contributed by atoms with Gasteiger partial charge in [0.1, 0.15) is 0 Å². The van der Waals surface area contributed by atoms with Crippen LogP contribution in [0.25, 0.3) is 76.6 Å². The molecular weight excluding hydrogens is 884 g/mol. The largest absolute Gasteiger partial charge is 0.311 e. The lowest BCUT2D eigenvalue weighted by Crippen LogP contribution is -2.61. The van der Waals surface area contributed by atoms with Crippen LogP contribution in [0.5, 0.6) is 0 Å². The minimum absolute atomic E-state index is 0.0649. The zero-order chi connectivity index (χ0) is 49.3. The number of nitrogens with zero attached hydrogens (tertiary/aromatic N) is 4. The number of fused-ring (bicyclic) bond motifs is 9. The molecule has 348 valence electrons. The van der Waals surface area contributed by atoms with Crippen molar-refractivity contribution in [3.8, 4) is 22.6 Å². The second-order valence-corrected chi connectivity index (χ2v) is 22.3. The summed E-state index contributed by atoms with van der Waals surface area (Å²) in [4.78, 5) is 16.3. The SMILES string of the molecule is CC(C)(C)c1cc(-c2nc(-c3cc4c5c(c3)N(c3ccccc3)c3cc6cc7ccccc7cc6cc3B5c3cc5cc6ccccc6cc5cc3N4c3ccccc3)nc3ccccc23)cc(C(C)(C)C)c1. The Morgan fingerprint density at radius 3 is 1.25 bits per heavy atom. The summed E-state index contributed by atoms with van der Waals surface area (Å²) in [5.74, 6) is 0.690. The normalized spacial score (nSPS) is 13.3. The average Bonchev–Trinajstić information content (AvgIpc) is 3.40. The molecule has 0 N–H and O–H groups in total. The molecule has 0 bridgehead atoms. The number of hydrogen-bond donors (Lipinski definition) is 0. The molecular formula is C68H53BN4. The van der Waals surface area contributed by atoms with E-state index in [0.29, 0.717) is 5.82 Å². The van der Waals surface area contributed by atoms with Crippen LogP contribution in [0.2, 0.25) is 0 Å². The Labute approximate surface area is 427 Å². The van der Waals surface area contributed by atoms with Crippen LogP contribution in [0, 0.1) is 0 Å². The van der Waals surface area contributed by atoms with E-state index < -0.39 is 0 Å². The summed E-state index contributed by atoms with van der Waals surface area (Å²) >= 11 is 0. The van der Waals surface area contributed by atoms with Gasteiger partial charge < -0.3 is 9.80 Å². The number of hydrogen-bond acceptors (Lipinski definition) is 4. The van der Waals surface area contributed by atoms with Gasteiger partial charge in [-0.05, 0) is 172 Å². The third kappa shape index (κ3) is 7.05. The molecule has 0 fully saturated rings. The molecule has 5 heteroatoms. The molecule has 0 saturated heterocycles. The summed E-state index contributed by atoms with van der Waals surface area (Å²) in [5, 5.41) is 10.9. The topological polar surface area (TPSA) is 32.3 Å². The summed E-state index contributed by atoms with van der Waals surface area (Å²) < 4.78 is 0. The lowest BCUT2D eigenvalue weighted by atomic mass is 9.33. The molecule has 4 nitrogen and oxygen atoms in total. The van der Waals surface area contributed by atoms with E-state index in [0.717, 1.165) is 50.5 Å². The van der Waals surface area contributed by atoms with E-state index >= 15 is 0 Å². The quantitative estimate of drug-likeness (QED) is 0.130. The number of rotatable bonds is 4. The predicted octanol–water partition coefficient (Wildman–Crippen LogP) is 16.3. The zero-order valence-electron chi connectivity index (χ0n) is 42.1. The van der Waals surface area contributed by atoms with Crippen LogP contribution in [0.3, 0.4) is 0 Å². The summed E-state index contributed by atoms with van der Waals surface area (Å²) in [7, 11) is 0. The molecule has 73 heavy (non-hydrogen) atoms. The van der Waals surface area contributed by atoms with Gasteiger partial charge in [0.25, 0.3) is 6.71 Å². The maximum Gasteiger partial charge on any atom is 0.252 e. The Bertz CT molecular complexity index is 4020. The summed E-state index contributed by atoms with van der Waals surface area (Å²) in [6.07, 6.45) is 0. The molecule has 3 heterocycles. The molecule has 14 rings (SSSR count). The Kier molecular flexibility index (Phi) is 9.47. The minimum Gasteiger partial charge on any atom is -0.311 e. The lowest BCUT2D eigenvalue weighted by Gasteiger charge is -2.44. The molecule has 2 aliphatic rings. The second kappa shape index (κ2) is 16.0. The summed E-state index contributed by atoms with van der Waals surface area (Å²) in [6, 6.07) is 79.1. The van der Waals surface area contributed by atoms with Crippen LogP contribution in [-0.4, -0.2) is 16.7 Å². The fourth-order valence-corrected chi connectivity index (χ4v) is 11.8. The van der Waals surface area contributed by atoms with E-state index in [1.165, 1.54) is 82.0 Å². The third-order valence-electron chi connectivity index (χ3n) is 15.5. The number of aromatic nitrogens is 2. The van der Waals surface area contributed by atoms with Crippen molar-refractivity contribution in [3.63, 3.8) is 0 Å². The van der Waals surface area contributed by atoms with E-state index in [1.807, 2.05) is 0 Å². The molecule has 0 saturated carbocycles. The molecule has 0 spiro atoms. The highest BCUT2D eigenvalue weighted by Gasteiger charge is 2.44. The monoisotopic (exact) mass is 936 g/mol. The molecule has 1 aromatic heterocycles. The molecule has 0 radical (unpaired) electrons. The van der Waals surface area contributed by atoms with Crippen molar-refractivity contribution < 1.29 is 0 Å². The molecule has 0 aliphatic carbocycles. The van der Waals surface area contributed by atoms with Crippen LogP contribution in [0.1, 0.15) is 52.7 Å². The zero-order valence-corrected chi connectivity index (χ0v) is 42.1. The maximum absolute atomic E-state index is 5.72. The van der Waals surface area contributed by atoms with Gasteiger partial charge in [0, 0.05) is 50.6 Å². The van der Waals surface area contributed by atoms with Crippen molar-refractivity contribution in [1.29, 1.82) is 0 Å². The minimum atomic E-state index is -0.0974. The molecule has 0 atom stereocenters. The van der Waals surface area contributed by atoms with Gasteiger partial charge in [-0.25, -0.2) is 9.97 Å². The van der Waals surface area contributed by atoms with E-state index in [-0.39, 0.29) is 17.5 Å². The Morgan fingerprint density at radius 1 is 0.356 bits per heavy atom. The van der Waals surface area contributed by atoms with Crippen molar-refractivity contribution in [2.24, 2.45) is 0 Å². The summed E-state index contributed by atoms with van der Waals surface area (Å²) in [6.45, 7) is 13.7.